The van der Waals surface area contributed by atoms with Crippen molar-refractivity contribution < 1.29 is 9.18 Å². The van der Waals surface area contributed by atoms with E-state index in [2.05, 4.69) is 5.10 Å². The smallest absolute Gasteiger partial charge is 0.188 e. The molecule has 1 aromatic heterocycles. The second-order valence-corrected chi connectivity index (χ2v) is 5.23. The Labute approximate surface area is 126 Å². The van der Waals surface area contributed by atoms with Crippen LogP contribution in [0.5, 0.6) is 0 Å². The molecular formula is C16H12ClFN2O. The molecule has 0 fully saturated rings. The van der Waals surface area contributed by atoms with Crippen LogP contribution in [-0.4, -0.2) is 15.6 Å². The number of fused-ring (bicyclic) bond motifs is 1. The summed E-state index contributed by atoms with van der Waals surface area (Å²) in [4.78, 5) is 12.4. The van der Waals surface area contributed by atoms with E-state index in [0.717, 1.165) is 10.9 Å². The molecule has 5 heteroatoms. The summed E-state index contributed by atoms with van der Waals surface area (Å²) >= 11 is 6.01. The molecule has 0 aliphatic rings. The summed E-state index contributed by atoms with van der Waals surface area (Å²) in [5, 5.41) is 5.44. The van der Waals surface area contributed by atoms with E-state index in [1.165, 1.54) is 18.2 Å². The highest BCUT2D eigenvalue weighted by molar-refractivity contribution is 6.31. The van der Waals surface area contributed by atoms with Gasteiger partial charge in [0.05, 0.1) is 5.52 Å². The molecule has 0 saturated heterocycles. The maximum Gasteiger partial charge on any atom is 0.188 e. The Kier molecular flexibility index (Phi) is 3.47. The quantitative estimate of drug-likeness (QED) is 0.690. The number of ketones is 1. The number of benzene rings is 2. The Hall–Kier alpha value is -2.20. The zero-order valence-corrected chi connectivity index (χ0v) is 12.1. The van der Waals surface area contributed by atoms with Gasteiger partial charge in [-0.15, -0.1) is 0 Å². The minimum absolute atomic E-state index is 0.0254. The van der Waals surface area contributed by atoms with E-state index < -0.39 is 5.82 Å². The van der Waals surface area contributed by atoms with Crippen molar-refractivity contribution in [2.75, 3.05) is 0 Å². The normalized spacial score (nSPS) is 11.0. The van der Waals surface area contributed by atoms with Gasteiger partial charge in [0.15, 0.2) is 5.78 Å². The summed E-state index contributed by atoms with van der Waals surface area (Å²) < 4.78 is 14.9. The molecule has 3 nitrogen and oxygen atoms in total. The van der Waals surface area contributed by atoms with Crippen molar-refractivity contribution in [1.29, 1.82) is 0 Å². The molecule has 0 bridgehead atoms. The molecule has 21 heavy (non-hydrogen) atoms. The van der Waals surface area contributed by atoms with E-state index in [0.29, 0.717) is 16.3 Å². The van der Waals surface area contributed by atoms with Gasteiger partial charge < -0.3 is 0 Å². The van der Waals surface area contributed by atoms with Gasteiger partial charge in [-0.25, -0.2) is 4.39 Å². The minimum atomic E-state index is -0.409. The number of nitrogens with zero attached hydrogens (tertiary/aromatic N) is 2. The van der Waals surface area contributed by atoms with Gasteiger partial charge >= 0.3 is 0 Å². The first-order valence-corrected chi connectivity index (χ1v) is 6.83. The zero-order chi connectivity index (χ0) is 15.0. The van der Waals surface area contributed by atoms with Crippen LogP contribution in [0.2, 0.25) is 5.02 Å². The zero-order valence-electron chi connectivity index (χ0n) is 11.3. The van der Waals surface area contributed by atoms with Gasteiger partial charge in [-0.1, -0.05) is 29.8 Å². The van der Waals surface area contributed by atoms with Crippen LogP contribution in [0.4, 0.5) is 4.39 Å². The van der Waals surface area contributed by atoms with E-state index in [9.17, 15) is 9.18 Å². The number of aryl methyl sites for hydroxylation is 1. The molecule has 0 N–H and O–H groups in total. The van der Waals surface area contributed by atoms with Crippen LogP contribution in [0.25, 0.3) is 10.9 Å². The first kappa shape index (κ1) is 13.8. The summed E-state index contributed by atoms with van der Waals surface area (Å²) in [5.41, 5.74) is 1.73. The Balaban J connectivity index is 2.00. The fourth-order valence-corrected chi connectivity index (χ4v) is 2.54. The highest BCUT2D eigenvalue weighted by Gasteiger charge is 2.17. The molecule has 0 spiro atoms. The summed E-state index contributed by atoms with van der Waals surface area (Å²) in [7, 11) is 1.79. The number of rotatable bonds is 3. The minimum Gasteiger partial charge on any atom is -0.292 e. The molecule has 2 aromatic carbocycles. The number of Topliss-reactive ketones (excluding diaryl/α,β-unsaturated/α-hetero) is 1. The number of aromatic nitrogens is 2. The fourth-order valence-electron chi connectivity index (χ4n) is 2.36. The predicted molar refractivity (Wildman–Crippen MR) is 80.2 cm³/mol. The fraction of sp³-hybridized carbons (Fsp3) is 0.125. The highest BCUT2D eigenvalue weighted by atomic mass is 35.5. The molecule has 0 aliphatic heterocycles. The van der Waals surface area contributed by atoms with Crippen molar-refractivity contribution in [3.8, 4) is 0 Å². The second-order valence-electron chi connectivity index (χ2n) is 4.83. The highest BCUT2D eigenvalue weighted by Crippen LogP contribution is 2.22. The monoisotopic (exact) mass is 302 g/mol. The molecule has 3 aromatic rings. The van der Waals surface area contributed by atoms with Crippen molar-refractivity contribution in [2.45, 2.75) is 6.42 Å². The molecule has 1 heterocycles. The number of hydrogen-bond acceptors (Lipinski definition) is 2. The van der Waals surface area contributed by atoms with Crippen molar-refractivity contribution in [2.24, 2.45) is 7.05 Å². The lowest BCUT2D eigenvalue weighted by atomic mass is 10.0. The number of carbonyl (C=O) groups excluding carboxylic acids is 1. The summed E-state index contributed by atoms with van der Waals surface area (Å²) in [6.07, 6.45) is 0.0254. The summed E-state index contributed by atoms with van der Waals surface area (Å²) in [6, 6.07) is 11.5. The third kappa shape index (κ3) is 2.54. The van der Waals surface area contributed by atoms with Crippen LogP contribution in [0, 0.1) is 5.82 Å². The van der Waals surface area contributed by atoms with Crippen LogP contribution in [0.3, 0.4) is 0 Å². The van der Waals surface area contributed by atoms with Gasteiger partial charge in [0.2, 0.25) is 0 Å². The van der Waals surface area contributed by atoms with Crippen molar-refractivity contribution in [1.82, 2.24) is 9.78 Å². The van der Waals surface area contributed by atoms with Gasteiger partial charge in [0, 0.05) is 23.9 Å². The first-order valence-electron chi connectivity index (χ1n) is 6.45. The lowest BCUT2D eigenvalue weighted by molar-refractivity contribution is 0.0989. The first-order chi connectivity index (χ1) is 10.1. The van der Waals surface area contributed by atoms with Gasteiger partial charge in [0.25, 0.3) is 0 Å². The third-order valence-electron chi connectivity index (χ3n) is 3.38. The van der Waals surface area contributed by atoms with Crippen molar-refractivity contribution in [3.05, 3.63) is 64.6 Å². The summed E-state index contributed by atoms with van der Waals surface area (Å²) in [5.74, 6) is -0.590. The van der Waals surface area contributed by atoms with E-state index in [1.807, 2.05) is 24.3 Å². The second kappa shape index (κ2) is 5.30. The van der Waals surface area contributed by atoms with E-state index >= 15 is 0 Å². The van der Waals surface area contributed by atoms with Gasteiger partial charge in [-0.3, -0.25) is 9.48 Å². The lowest BCUT2D eigenvalue weighted by Crippen LogP contribution is -2.06. The van der Waals surface area contributed by atoms with Crippen LogP contribution >= 0.6 is 11.6 Å². The van der Waals surface area contributed by atoms with Gasteiger partial charge in [-0.2, -0.15) is 5.10 Å². The van der Waals surface area contributed by atoms with Crippen LogP contribution < -0.4 is 0 Å². The van der Waals surface area contributed by atoms with E-state index in [4.69, 9.17) is 11.6 Å². The number of para-hydroxylation sites is 1. The summed E-state index contributed by atoms with van der Waals surface area (Å²) in [6.45, 7) is 0. The SMILES string of the molecule is Cn1nc(C(=O)Cc2cc(F)ccc2Cl)c2ccccc21. The topological polar surface area (TPSA) is 34.9 Å². The molecule has 3 rings (SSSR count). The molecule has 0 unspecified atom stereocenters. The van der Waals surface area contributed by atoms with Gasteiger partial charge in [0.1, 0.15) is 11.5 Å². The third-order valence-corrected chi connectivity index (χ3v) is 3.75. The molecule has 106 valence electrons. The molecule has 0 aliphatic carbocycles. The van der Waals surface area contributed by atoms with E-state index in [1.54, 1.807) is 11.7 Å². The molecular weight excluding hydrogens is 291 g/mol. The number of halogens is 2. The van der Waals surface area contributed by atoms with Crippen molar-refractivity contribution >= 4 is 28.3 Å². The average molecular weight is 303 g/mol. The largest absolute Gasteiger partial charge is 0.292 e. The molecule has 0 saturated carbocycles. The molecule has 0 atom stereocenters. The standard InChI is InChI=1S/C16H12ClFN2O/c1-20-14-5-3-2-4-12(14)16(19-20)15(21)9-10-8-11(18)6-7-13(10)17/h2-8H,9H2,1H3. The lowest BCUT2D eigenvalue weighted by Gasteiger charge is -2.03. The Morgan fingerprint density at radius 3 is 2.86 bits per heavy atom. The van der Waals surface area contributed by atoms with E-state index in [-0.39, 0.29) is 12.2 Å². The Bertz CT molecular complexity index is 841. The van der Waals surface area contributed by atoms with Crippen molar-refractivity contribution in [3.63, 3.8) is 0 Å². The maximum absolute atomic E-state index is 13.3. The van der Waals surface area contributed by atoms with Crippen LogP contribution in [0.1, 0.15) is 16.1 Å². The Morgan fingerprint density at radius 1 is 1.29 bits per heavy atom. The molecule has 0 amide bonds. The average Bonchev–Trinajstić information content (AvgIpc) is 2.81. The van der Waals surface area contributed by atoms with Crippen LogP contribution in [0.15, 0.2) is 42.5 Å². The van der Waals surface area contributed by atoms with Gasteiger partial charge in [-0.05, 0) is 29.8 Å². The van der Waals surface area contributed by atoms with Crippen LogP contribution in [-0.2, 0) is 13.5 Å². The number of hydrogen-bond donors (Lipinski definition) is 0. The maximum atomic E-state index is 13.3. The Morgan fingerprint density at radius 2 is 2.05 bits per heavy atom. The number of carbonyl (C=O) groups is 1. The predicted octanol–water partition coefficient (Wildman–Crippen LogP) is 3.79. The molecule has 0 radical (unpaired) electrons.